The second-order valence-electron chi connectivity index (χ2n) is 4.15. The highest BCUT2D eigenvalue weighted by Crippen LogP contribution is 2.25. The molecule has 0 saturated carbocycles. The van der Waals surface area contributed by atoms with Crippen LogP contribution in [0.25, 0.3) is 0 Å². The first-order valence-electron chi connectivity index (χ1n) is 5.77. The van der Waals surface area contributed by atoms with Crippen molar-refractivity contribution < 1.29 is 5.11 Å². The largest absolute Gasteiger partial charge is 0.396 e. The van der Waals surface area contributed by atoms with Gasteiger partial charge in [0.1, 0.15) is 0 Å². The van der Waals surface area contributed by atoms with Gasteiger partial charge in [0.15, 0.2) is 0 Å². The van der Waals surface area contributed by atoms with Crippen molar-refractivity contribution in [2.24, 2.45) is 5.92 Å². The molecule has 0 aliphatic carbocycles. The lowest BCUT2D eigenvalue weighted by Crippen LogP contribution is -2.05. The highest BCUT2D eigenvalue weighted by molar-refractivity contribution is 5.19. The summed E-state index contributed by atoms with van der Waals surface area (Å²) < 4.78 is 0. The standard InChI is InChI=1S/C14H21O/c1-3-13(10-9-12(2)11-15)14-7-5-4-6-8-14/h4-9,12-13,15H,3,10-11H2,1-2H3. The van der Waals surface area contributed by atoms with E-state index in [1.807, 2.05) is 0 Å². The van der Waals surface area contributed by atoms with Gasteiger partial charge < -0.3 is 5.11 Å². The SMILES string of the molecule is CCC(C[CH]C(C)CO)c1ccccc1. The fraction of sp³-hybridized carbons (Fsp3) is 0.500. The summed E-state index contributed by atoms with van der Waals surface area (Å²) in [4.78, 5) is 0. The molecule has 1 nitrogen and oxygen atoms in total. The van der Waals surface area contributed by atoms with Crippen molar-refractivity contribution in [2.75, 3.05) is 6.61 Å². The molecule has 83 valence electrons. The Morgan fingerprint density at radius 2 is 1.93 bits per heavy atom. The minimum absolute atomic E-state index is 0.255. The van der Waals surface area contributed by atoms with Crippen molar-refractivity contribution in [3.8, 4) is 0 Å². The third-order valence-electron chi connectivity index (χ3n) is 2.87. The Morgan fingerprint density at radius 3 is 2.47 bits per heavy atom. The van der Waals surface area contributed by atoms with Crippen LogP contribution < -0.4 is 0 Å². The van der Waals surface area contributed by atoms with Crippen LogP contribution in [0.2, 0.25) is 0 Å². The number of aliphatic hydroxyl groups excluding tert-OH is 1. The molecular weight excluding hydrogens is 184 g/mol. The summed E-state index contributed by atoms with van der Waals surface area (Å²) in [6, 6.07) is 10.6. The van der Waals surface area contributed by atoms with Crippen LogP contribution in [0.5, 0.6) is 0 Å². The van der Waals surface area contributed by atoms with Crippen molar-refractivity contribution in [2.45, 2.75) is 32.6 Å². The van der Waals surface area contributed by atoms with E-state index in [0.717, 1.165) is 12.8 Å². The topological polar surface area (TPSA) is 20.2 Å². The minimum atomic E-state index is 0.255. The zero-order valence-corrected chi connectivity index (χ0v) is 9.69. The second-order valence-corrected chi connectivity index (χ2v) is 4.15. The lowest BCUT2D eigenvalue weighted by Gasteiger charge is -2.16. The van der Waals surface area contributed by atoms with E-state index in [-0.39, 0.29) is 6.61 Å². The third kappa shape index (κ3) is 4.05. The van der Waals surface area contributed by atoms with E-state index >= 15 is 0 Å². The van der Waals surface area contributed by atoms with E-state index in [1.165, 1.54) is 5.56 Å². The van der Waals surface area contributed by atoms with Crippen molar-refractivity contribution in [1.29, 1.82) is 0 Å². The molecule has 1 aromatic carbocycles. The first-order chi connectivity index (χ1) is 7.27. The van der Waals surface area contributed by atoms with Crippen LogP contribution in [-0.4, -0.2) is 11.7 Å². The lowest BCUT2D eigenvalue weighted by atomic mass is 9.89. The number of aliphatic hydroxyl groups is 1. The van der Waals surface area contributed by atoms with E-state index in [4.69, 9.17) is 5.11 Å². The van der Waals surface area contributed by atoms with Gasteiger partial charge in [-0.1, -0.05) is 44.2 Å². The Kier molecular flexibility index (Phi) is 5.41. The Hall–Kier alpha value is -0.820. The zero-order chi connectivity index (χ0) is 11.1. The molecule has 0 aliphatic heterocycles. The highest BCUT2D eigenvalue weighted by Gasteiger charge is 2.10. The molecule has 2 unspecified atom stereocenters. The smallest absolute Gasteiger partial charge is 0.0459 e. The fourth-order valence-electron chi connectivity index (χ4n) is 1.73. The number of hydrogen-bond acceptors (Lipinski definition) is 1. The summed E-state index contributed by atoms with van der Waals surface area (Å²) in [6.45, 7) is 4.53. The van der Waals surface area contributed by atoms with E-state index in [9.17, 15) is 0 Å². The number of hydrogen-bond donors (Lipinski definition) is 1. The molecule has 15 heavy (non-hydrogen) atoms. The Bertz CT molecular complexity index is 255. The molecule has 2 atom stereocenters. The molecule has 0 aromatic heterocycles. The van der Waals surface area contributed by atoms with Crippen molar-refractivity contribution in [1.82, 2.24) is 0 Å². The van der Waals surface area contributed by atoms with Crippen molar-refractivity contribution in [3.05, 3.63) is 42.3 Å². The zero-order valence-electron chi connectivity index (χ0n) is 9.69. The summed E-state index contributed by atoms with van der Waals surface area (Å²) >= 11 is 0. The quantitative estimate of drug-likeness (QED) is 0.754. The molecular formula is C14H21O. The van der Waals surface area contributed by atoms with E-state index in [2.05, 4.69) is 50.6 Å². The van der Waals surface area contributed by atoms with Crippen molar-refractivity contribution >= 4 is 0 Å². The van der Waals surface area contributed by atoms with Crippen LogP contribution in [0.1, 0.15) is 38.2 Å². The average Bonchev–Trinajstić information content (AvgIpc) is 2.31. The van der Waals surface area contributed by atoms with Gasteiger partial charge in [0, 0.05) is 6.61 Å². The molecule has 0 fully saturated rings. The van der Waals surface area contributed by atoms with Crippen LogP contribution in [0, 0.1) is 12.3 Å². The highest BCUT2D eigenvalue weighted by atomic mass is 16.3. The predicted octanol–water partition coefficient (Wildman–Crippen LogP) is 3.40. The van der Waals surface area contributed by atoms with Crippen molar-refractivity contribution in [3.63, 3.8) is 0 Å². The Morgan fingerprint density at radius 1 is 1.27 bits per heavy atom. The molecule has 0 spiro atoms. The summed E-state index contributed by atoms with van der Waals surface area (Å²) in [5, 5.41) is 8.96. The Labute approximate surface area is 93.1 Å². The molecule has 1 aromatic rings. The Balaban J connectivity index is 2.50. The van der Waals surface area contributed by atoms with Crippen LogP contribution >= 0.6 is 0 Å². The molecule has 0 bridgehead atoms. The maximum absolute atomic E-state index is 8.96. The van der Waals surface area contributed by atoms with Gasteiger partial charge in [-0.2, -0.15) is 0 Å². The third-order valence-corrected chi connectivity index (χ3v) is 2.87. The monoisotopic (exact) mass is 205 g/mol. The fourth-order valence-corrected chi connectivity index (χ4v) is 1.73. The molecule has 0 heterocycles. The van der Waals surface area contributed by atoms with Gasteiger partial charge >= 0.3 is 0 Å². The summed E-state index contributed by atoms with van der Waals surface area (Å²) in [5.41, 5.74) is 1.40. The summed E-state index contributed by atoms with van der Waals surface area (Å²) in [5.74, 6) is 0.906. The number of rotatable bonds is 6. The molecule has 0 saturated heterocycles. The van der Waals surface area contributed by atoms with Gasteiger partial charge in [-0.05, 0) is 36.7 Å². The van der Waals surface area contributed by atoms with E-state index in [0.29, 0.717) is 11.8 Å². The van der Waals surface area contributed by atoms with Crippen LogP contribution in [0.3, 0.4) is 0 Å². The molecule has 0 amide bonds. The van der Waals surface area contributed by atoms with Crippen LogP contribution in [0.15, 0.2) is 30.3 Å². The van der Waals surface area contributed by atoms with Gasteiger partial charge in [-0.3, -0.25) is 0 Å². The van der Waals surface area contributed by atoms with Gasteiger partial charge in [-0.15, -0.1) is 0 Å². The summed E-state index contributed by atoms with van der Waals surface area (Å²) in [6.07, 6.45) is 4.43. The molecule has 1 heteroatoms. The molecule has 1 N–H and O–H groups in total. The molecule has 1 rings (SSSR count). The maximum Gasteiger partial charge on any atom is 0.0459 e. The lowest BCUT2D eigenvalue weighted by molar-refractivity contribution is 0.250. The van der Waals surface area contributed by atoms with Gasteiger partial charge in [-0.25, -0.2) is 0 Å². The van der Waals surface area contributed by atoms with Gasteiger partial charge in [0.2, 0.25) is 0 Å². The van der Waals surface area contributed by atoms with E-state index < -0.39 is 0 Å². The normalized spacial score (nSPS) is 14.9. The van der Waals surface area contributed by atoms with Gasteiger partial charge in [0.25, 0.3) is 0 Å². The first-order valence-corrected chi connectivity index (χ1v) is 5.77. The minimum Gasteiger partial charge on any atom is -0.396 e. The van der Waals surface area contributed by atoms with Crippen LogP contribution in [-0.2, 0) is 0 Å². The second kappa shape index (κ2) is 6.62. The predicted molar refractivity (Wildman–Crippen MR) is 64.6 cm³/mol. The average molecular weight is 205 g/mol. The van der Waals surface area contributed by atoms with Gasteiger partial charge in [0.05, 0.1) is 0 Å². The van der Waals surface area contributed by atoms with E-state index in [1.54, 1.807) is 0 Å². The van der Waals surface area contributed by atoms with Crippen LogP contribution in [0.4, 0.5) is 0 Å². The number of benzene rings is 1. The first kappa shape index (κ1) is 12.3. The summed E-state index contributed by atoms with van der Waals surface area (Å²) in [7, 11) is 0. The maximum atomic E-state index is 8.96. The molecule has 0 aliphatic rings. The molecule has 1 radical (unpaired) electrons.